The molecule has 1 fully saturated rings. The summed E-state index contributed by atoms with van der Waals surface area (Å²) in [5, 5.41) is 0.787. The second kappa shape index (κ2) is 7.91. The first-order chi connectivity index (χ1) is 11.6. The quantitative estimate of drug-likeness (QED) is 0.886. The van der Waals surface area contributed by atoms with Crippen LogP contribution < -0.4 is 15.4 Å². The second-order valence-corrected chi connectivity index (χ2v) is 6.96. The lowest BCUT2D eigenvalue weighted by molar-refractivity contribution is 0.340. The predicted molar refractivity (Wildman–Crippen MR) is 101 cm³/mol. The Morgan fingerprint density at radius 2 is 1.79 bits per heavy atom. The van der Waals surface area contributed by atoms with E-state index in [-0.39, 0.29) is 6.04 Å². The van der Waals surface area contributed by atoms with E-state index in [1.807, 2.05) is 31.2 Å². The molecule has 3 rings (SSSR count). The molecule has 2 N–H and O–H groups in total. The molecule has 2 unspecified atom stereocenters. The number of nitrogens with zero attached hydrogens (tertiary/aromatic N) is 1. The molecule has 2 aromatic carbocycles. The van der Waals surface area contributed by atoms with Gasteiger partial charge in [-0.3, -0.25) is 0 Å². The number of ether oxygens (including phenoxy) is 1. The summed E-state index contributed by atoms with van der Waals surface area (Å²) in [7, 11) is 0. The third kappa shape index (κ3) is 4.43. The van der Waals surface area contributed by atoms with Crippen LogP contribution in [-0.4, -0.2) is 25.7 Å². The molecule has 1 saturated heterocycles. The van der Waals surface area contributed by atoms with Crippen LogP contribution in [0.1, 0.15) is 18.9 Å². The molecule has 0 aromatic heterocycles. The normalized spacial score (nSPS) is 20.9. The summed E-state index contributed by atoms with van der Waals surface area (Å²) >= 11 is 5.98. The van der Waals surface area contributed by atoms with Crippen LogP contribution in [0.5, 0.6) is 5.75 Å². The van der Waals surface area contributed by atoms with E-state index in [2.05, 4.69) is 29.2 Å². The van der Waals surface area contributed by atoms with Gasteiger partial charge < -0.3 is 15.4 Å². The highest BCUT2D eigenvalue weighted by Crippen LogP contribution is 2.27. The van der Waals surface area contributed by atoms with Gasteiger partial charge in [0.1, 0.15) is 5.75 Å². The molecule has 0 spiro atoms. The maximum absolute atomic E-state index is 6.32. The van der Waals surface area contributed by atoms with Crippen molar-refractivity contribution < 1.29 is 4.74 Å². The fourth-order valence-electron chi connectivity index (χ4n) is 3.48. The smallest absolute Gasteiger partial charge is 0.119 e. The lowest BCUT2D eigenvalue weighted by atomic mass is 9.89. The molecule has 2 atom stereocenters. The zero-order valence-electron chi connectivity index (χ0n) is 14.1. The Balaban J connectivity index is 1.67. The van der Waals surface area contributed by atoms with Crippen molar-refractivity contribution in [1.29, 1.82) is 0 Å². The lowest BCUT2D eigenvalue weighted by Crippen LogP contribution is -2.47. The topological polar surface area (TPSA) is 38.5 Å². The minimum Gasteiger partial charge on any atom is -0.494 e. The van der Waals surface area contributed by atoms with Gasteiger partial charge in [-0.25, -0.2) is 0 Å². The molecule has 1 aliphatic heterocycles. The van der Waals surface area contributed by atoms with E-state index in [0.29, 0.717) is 12.5 Å². The van der Waals surface area contributed by atoms with Gasteiger partial charge in [-0.2, -0.15) is 0 Å². The molecule has 0 saturated carbocycles. The van der Waals surface area contributed by atoms with Crippen molar-refractivity contribution in [3.63, 3.8) is 0 Å². The van der Waals surface area contributed by atoms with Crippen molar-refractivity contribution in [2.45, 2.75) is 25.8 Å². The van der Waals surface area contributed by atoms with Gasteiger partial charge in [-0.1, -0.05) is 23.7 Å². The van der Waals surface area contributed by atoms with Crippen molar-refractivity contribution in [3.05, 3.63) is 59.1 Å². The van der Waals surface area contributed by atoms with Crippen molar-refractivity contribution in [2.24, 2.45) is 11.7 Å². The van der Waals surface area contributed by atoms with Gasteiger partial charge >= 0.3 is 0 Å². The number of anilines is 1. The van der Waals surface area contributed by atoms with Crippen molar-refractivity contribution in [1.82, 2.24) is 0 Å². The maximum atomic E-state index is 6.32. The number of halogens is 1. The van der Waals surface area contributed by atoms with E-state index in [1.165, 1.54) is 11.3 Å². The largest absolute Gasteiger partial charge is 0.494 e. The number of nitrogens with two attached hydrogens (primary N) is 1. The summed E-state index contributed by atoms with van der Waals surface area (Å²) in [5.41, 5.74) is 8.86. The van der Waals surface area contributed by atoms with Crippen LogP contribution in [0.15, 0.2) is 48.5 Å². The molecule has 128 valence electrons. The van der Waals surface area contributed by atoms with E-state index in [9.17, 15) is 0 Å². The third-order valence-electron chi connectivity index (χ3n) is 4.52. The van der Waals surface area contributed by atoms with Gasteiger partial charge in [0.05, 0.1) is 6.61 Å². The summed E-state index contributed by atoms with van der Waals surface area (Å²) in [6.45, 7) is 4.63. The van der Waals surface area contributed by atoms with Crippen molar-refractivity contribution in [3.8, 4) is 5.75 Å². The number of hydrogen-bond acceptors (Lipinski definition) is 3. The highest BCUT2D eigenvalue weighted by Gasteiger charge is 2.25. The molecule has 0 aliphatic carbocycles. The lowest BCUT2D eigenvalue weighted by Gasteiger charge is -2.38. The molecular formula is C20H25ClN2O. The first-order valence-corrected chi connectivity index (χ1v) is 8.99. The van der Waals surface area contributed by atoms with Crippen molar-refractivity contribution in [2.75, 3.05) is 24.6 Å². The monoisotopic (exact) mass is 344 g/mol. The van der Waals surface area contributed by atoms with Crippen LogP contribution in [-0.2, 0) is 6.42 Å². The Morgan fingerprint density at radius 1 is 1.08 bits per heavy atom. The van der Waals surface area contributed by atoms with E-state index < -0.39 is 0 Å². The molecule has 24 heavy (non-hydrogen) atoms. The number of piperidine rings is 1. The standard InChI is InChI=1S/C20H25ClN2O/c1-2-24-20-9-7-19(8-10-20)23-13-16(12-18(22)14-23)11-15-3-5-17(21)6-4-15/h3-10,16,18H,2,11-14,22H2,1H3. The van der Waals surface area contributed by atoms with Gasteiger partial charge in [0.2, 0.25) is 0 Å². The Morgan fingerprint density at radius 3 is 2.46 bits per heavy atom. The van der Waals surface area contributed by atoms with Crippen LogP contribution in [0.2, 0.25) is 5.02 Å². The summed E-state index contributed by atoms with van der Waals surface area (Å²) in [6.07, 6.45) is 2.11. The number of rotatable bonds is 5. The van der Waals surface area contributed by atoms with Crippen LogP contribution in [0.4, 0.5) is 5.69 Å². The Labute approximate surface area is 149 Å². The molecular weight excluding hydrogens is 320 g/mol. The fourth-order valence-corrected chi connectivity index (χ4v) is 3.60. The minimum atomic E-state index is 0.211. The number of hydrogen-bond donors (Lipinski definition) is 1. The highest BCUT2D eigenvalue weighted by molar-refractivity contribution is 6.30. The summed E-state index contributed by atoms with van der Waals surface area (Å²) in [5.74, 6) is 1.47. The predicted octanol–water partition coefficient (Wildman–Crippen LogP) is 4.14. The summed E-state index contributed by atoms with van der Waals surface area (Å²) in [4.78, 5) is 2.39. The van der Waals surface area contributed by atoms with Gasteiger partial charge in [0.15, 0.2) is 0 Å². The second-order valence-electron chi connectivity index (χ2n) is 6.52. The minimum absolute atomic E-state index is 0.211. The fraction of sp³-hybridized carbons (Fsp3) is 0.400. The average Bonchev–Trinajstić information content (AvgIpc) is 2.57. The van der Waals surface area contributed by atoms with Gasteiger partial charge in [-0.05, 0) is 67.6 Å². The van der Waals surface area contributed by atoms with Gasteiger partial charge in [0.25, 0.3) is 0 Å². The Kier molecular flexibility index (Phi) is 5.64. The zero-order valence-corrected chi connectivity index (χ0v) is 14.9. The van der Waals surface area contributed by atoms with Gasteiger partial charge in [0, 0.05) is 29.8 Å². The SMILES string of the molecule is CCOc1ccc(N2CC(N)CC(Cc3ccc(Cl)cc3)C2)cc1. The molecule has 3 nitrogen and oxygen atoms in total. The summed E-state index contributed by atoms with van der Waals surface area (Å²) < 4.78 is 5.53. The first-order valence-electron chi connectivity index (χ1n) is 8.62. The van der Waals surface area contributed by atoms with E-state index in [0.717, 1.165) is 36.7 Å². The number of benzene rings is 2. The first kappa shape index (κ1) is 17.1. The third-order valence-corrected chi connectivity index (χ3v) is 4.77. The molecule has 0 amide bonds. The summed E-state index contributed by atoms with van der Waals surface area (Å²) in [6, 6.07) is 16.7. The van der Waals surface area contributed by atoms with E-state index >= 15 is 0 Å². The maximum Gasteiger partial charge on any atom is 0.119 e. The van der Waals surface area contributed by atoms with Gasteiger partial charge in [-0.15, -0.1) is 0 Å². The molecule has 2 aromatic rings. The van der Waals surface area contributed by atoms with Crippen LogP contribution >= 0.6 is 11.6 Å². The molecule has 0 bridgehead atoms. The van der Waals surface area contributed by atoms with E-state index in [4.69, 9.17) is 22.1 Å². The van der Waals surface area contributed by atoms with Crippen LogP contribution in [0, 0.1) is 5.92 Å². The average molecular weight is 345 g/mol. The van der Waals surface area contributed by atoms with Crippen LogP contribution in [0.25, 0.3) is 0 Å². The highest BCUT2D eigenvalue weighted by atomic mass is 35.5. The molecule has 1 aliphatic rings. The van der Waals surface area contributed by atoms with Crippen LogP contribution in [0.3, 0.4) is 0 Å². The molecule has 0 radical (unpaired) electrons. The zero-order chi connectivity index (χ0) is 16.9. The Hall–Kier alpha value is -1.71. The van der Waals surface area contributed by atoms with E-state index in [1.54, 1.807) is 0 Å². The van der Waals surface area contributed by atoms with Crippen molar-refractivity contribution >= 4 is 17.3 Å². The molecule has 4 heteroatoms. The molecule has 1 heterocycles. The Bertz CT molecular complexity index is 642.